The van der Waals surface area contributed by atoms with E-state index >= 15 is 0 Å². The predicted molar refractivity (Wildman–Crippen MR) is 55.8 cm³/mol. The fraction of sp³-hybridized carbons (Fsp3) is 0.222. The predicted octanol–water partition coefficient (Wildman–Crippen LogP) is 2.63. The molecule has 2 nitrogen and oxygen atoms in total. The Morgan fingerprint density at radius 1 is 1.38 bits per heavy atom. The number of likely N-dealkylation sites (N-methyl/N-ethyl adjacent to an activating group) is 1. The Morgan fingerprint density at radius 2 is 2.08 bits per heavy atom. The highest BCUT2D eigenvalue weighted by Crippen LogP contribution is 2.26. The average molecular weight is 218 g/mol. The van der Waals surface area contributed by atoms with Crippen molar-refractivity contribution in [3.63, 3.8) is 0 Å². The number of rotatable bonds is 3. The van der Waals surface area contributed by atoms with Gasteiger partial charge in [0.25, 0.3) is 0 Å². The van der Waals surface area contributed by atoms with Gasteiger partial charge in [-0.25, -0.2) is 0 Å². The minimum atomic E-state index is 0.345. The number of nitrogens with zero attached hydrogens (tertiary/aromatic N) is 1. The number of benzene rings is 1. The lowest BCUT2D eigenvalue weighted by Crippen LogP contribution is -2.19. The van der Waals surface area contributed by atoms with Crippen molar-refractivity contribution in [1.29, 1.82) is 0 Å². The number of carbonyl (C=O) groups excluding carboxylic acids is 1. The van der Waals surface area contributed by atoms with Crippen LogP contribution in [0.4, 0.5) is 5.69 Å². The third-order valence-electron chi connectivity index (χ3n) is 1.69. The van der Waals surface area contributed by atoms with Crippen molar-refractivity contribution < 1.29 is 4.79 Å². The highest BCUT2D eigenvalue weighted by Gasteiger charge is 2.02. The molecule has 0 fully saturated rings. The summed E-state index contributed by atoms with van der Waals surface area (Å²) in [5.74, 6) is 0. The fourth-order valence-electron chi connectivity index (χ4n) is 0.940. The van der Waals surface area contributed by atoms with E-state index in [4.69, 9.17) is 23.2 Å². The van der Waals surface area contributed by atoms with Crippen molar-refractivity contribution in [2.75, 3.05) is 18.5 Å². The van der Waals surface area contributed by atoms with E-state index in [9.17, 15) is 4.79 Å². The fourth-order valence-corrected chi connectivity index (χ4v) is 1.23. The molecule has 0 radical (unpaired) electrons. The van der Waals surface area contributed by atoms with Crippen LogP contribution in [0.25, 0.3) is 0 Å². The molecular weight excluding hydrogens is 209 g/mol. The highest BCUT2D eigenvalue weighted by atomic mass is 35.5. The highest BCUT2D eigenvalue weighted by molar-refractivity contribution is 6.42. The molecule has 0 aliphatic carbocycles. The molecule has 0 N–H and O–H groups in total. The van der Waals surface area contributed by atoms with E-state index in [1.54, 1.807) is 17.0 Å². The molecule has 0 atom stereocenters. The number of hydrogen-bond acceptors (Lipinski definition) is 2. The van der Waals surface area contributed by atoms with Crippen molar-refractivity contribution in [2.24, 2.45) is 0 Å². The van der Waals surface area contributed by atoms with Crippen LogP contribution in [0.15, 0.2) is 18.2 Å². The Labute approximate surface area is 87.1 Å². The van der Waals surface area contributed by atoms with Crippen molar-refractivity contribution in [3.8, 4) is 0 Å². The number of anilines is 1. The quantitative estimate of drug-likeness (QED) is 0.727. The molecule has 0 aliphatic rings. The van der Waals surface area contributed by atoms with Gasteiger partial charge in [0.05, 0.1) is 16.6 Å². The van der Waals surface area contributed by atoms with Gasteiger partial charge in [0.2, 0.25) is 0 Å². The molecule has 1 rings (SSSR count). The topological polar surface area (TPSA) is 20.3 Å². The van der Waals surface area contributed by atoms with Crippen LogP contribution in [0, 0.1) is 0 Å². The van der Waals surface area contributed by atoms with Crippen LogP contribution >= 0.6 is 23.2 Å². The van der Waals surface area contributed by atoms with E-state index in [1.165, 1.54) is 0 Å². The van der Waals surface area contributed by atoms with Gasteiger partial charge in [0, 0.05) is 12.7 Å². The summed E-state index contributed by atoms with van der Waals surface area (Å²) in [6, 6.07) is 5.26. The molecule has 1 aromatic carbocycles. The van der Waals surface area contributed by atoms with Crippen molar-refractivity contribution >= 4 is 35.2 Å². The van der Waals surface area contributed by atoms with Crippen molar-refractivity contribution in [2.45, 2.75) is 0 Å². The van der Waals surface area contributed by atoms with E-state index in [2.05, 4.69) is 0 Å². The molecule has 0 saturated carbocycles. The number of aldehydes is 1. The second-order valence-corrected chi connectivity index (χ2v) is 3.46. The summed E-state index contributed by atoms with van der Waals surface area (Å²) < 4.78 is 0. The average Bonchev–Trinajstić information content (AvgIpc) is 2.10. The van der Waals surface area contributed by atoms with Crippen LogP contribution in [0.5, 0.6) is 0 Å². The Hall–Kier alpha value is -0.730. The number of halogens is 2. The van der Waals surface area contributed by atoms with Crippen LogP contribution in [0.1, 0.15) is 0 Å². The Kier molecular flexibility index (Phi) is 3.58. The van der Waals surface area contributed by atoms with Crippen LogP contribution in [-0.4, -0.2) is 19.9 Å². The zero-order valence-electron chi connectivity index (χ0n) is 7.13. The minimum absolute atomic E-state index is 0.345. The zero-order valence-corrected chi connectivity index (χ0v) is 8.64. The molecule has 0 amide bonds. The smallest absolute Gasteiger partial charge is 0.139 e. The summed E-state index contributed by atoms with van der Waals surface area (Å²) in [4.78, 5) is 12.0. The number of hydrogen-bond donors (Lipinski definition) is 0. The molecule has 1 aromatic rings. The van der Waals surface area contributed by atoms with Gasteiger partial charge in [-0.05, 0) is 18.2 Å². The molecule has 0 spiro atoms. The van der Waals surface area contributed by atoms with Crippen molar-refractivity contribution in [1.82, 2.24) is 0 Å². The zero-order chi connectivity index (χ0) is 9.84. The van der Waals surface area contributed by atoms with E-state index in [1.807, 2.05) is 13.1 Å². The molecule has 0 aromatic heterocycles. The summed E-state index contributed by atoms with van der Waals surface area (Å²) in [6.45, 7) is 0.345. The van der Waals surface area contributed by atoms with Crippen LogP contribution in [-0.2, 0) is 4.79 Å². The molecule has 0 bridgehead atoms. The first kappa shape index (κ1) is 10.4. The monoisotopic (exact) mass is 217 g/mol. The van der Waals surface area contributed by atoms with Gasteiger partial charge in [-0.1, -0.05) is 23.2 Å². The maximum atomic E-state index is 10.2. The van der Waals surface area contributed by atoms with Gasteiger partial charge < -0.3 is 9.69 Å². The maximum absolute atomic E-state index is 10.2. The van der Waals surface area contributed by atoms with E-state index in [-0.39, 0.29) is 0 Å². The summed E-state index contributed by atoms with van der Waals surface area (Å²) in [5, 5.41) is 1.02. The SMILES string of the molecule is CN(CC=O)c1ccc(Cl)c(Cl)c1. The van der Waals surface area contributed by atoms with Crippen LogP contribution in [0.2, 0.25) is 10.0 Å². The summed E-state index contributed by atoms with van der Waals surface area (Å²) in [6.07, 6.45) is 0.836. The molecular formula is C9H9Cl2NO. The first-order valence-electron chi connectivity index (χ1n) is 3.75. The molecule has 13 heavy (non-hydrogen) atoms. The maximum Gasteiger partial charge on any atom is 0.139 e. The first-order chi connectivity index (χ1) is 6.15. The van der Waals surface area contributed by atoms with Gasteiger partial charge in [0.1, 0.15) is 6.29 Å². The normalized spacial score (nSPS) is 9.77. The molecule has 0 aliphatic heterocycles. The summed E-state index contributed by atoms with van der Waals surface area (Å²) in [5.41, 5.74) is 0.876. The van der Waals surface area contributed by atoms with Gasteiger partial charge in [-0.15, -0.1) is 0 Å². The van der Waals surface area contributed by atoms with Gasteiger partial charge in [-0.3, -0.25) is 0 Å². The molecule has 4 heteroatoms. The first-order valence-corrected chi connectivity index (χ1v) is 4.50. The Bertz CT molecular complexity index is 314. The molecule has 0 heterocycles. The van der Waals surface area contributed by atoms with E-state index in [0.29, 0.717) is 16.6 Å². The lowest BCUT2D eigenvalue weighted by atomic mass is 10.3. The second-order valence-electron chi connectivity index (χ2n) is 2.65. The molecule has 0 saturated heterocycles. The lowest BCUT2D eigenvalue weighted by Gasteiger charge is -2.16. The Balaban J connectivity index is 2.89. The third-order valence-corrected chi connectivity index (χ3v) is 2.43. The largest absolute Gasteiger partial charge is 0.368 e. The van der Waals surface area contributed by atoms with E-state index < -0.39 is 0 Å². The summed E-state index contributed by atoms with van der Waals surface area (Å²) in [7, 11) is 1.81. The number of carbonyl (C=O) groups is 1. The van der Waals surface area contributed by atoms with Crippen molar-refractivity contribution in [3.05, 3.63) is 28.2 Å². The molecule has 0 unspecified atom stereocenters. The standard InChI is InChI=1S/C9H9Cl2NO/c1-12(4-5-13)7-2-3-8(10)9(11)6-7/h2-3,5-6H,4H2,1H3. The van der Waals surface area contributed by atoms with Gasteiger partial charge >= 0.3 is 0 Å². The molecule has 70 valence electrons. The van der Waals surface area contributed by atoms with Crippen LogP contribution in [0.3, 0.4) is 0 Å². The summed E-state index contributed by atoms with van der Waals surface area (Å²) >= 11 is 11.6. The Morgan fingerprint density at radius 3 is 2.62 bits per heavy atom. The third kappa shape index (κ3) is 2.61. The second kappa shape index (κ2) is 4.49. The van der Waals surface area contributed by atoms with E-state index in [0.717, 1.165) is 12.0 Å². The lowest BCUT2D eigenvalue weighted by molar-refractivity contribution is -0.106. The van der Waals surface area contributed by atoms with Gasteiger partial charge in [0.15, 0.2) is 0 Å². The minimum Gasteiger partial charge on any atom is -0.368 e. The van der Waals surface area contributed by atoms with Crippen LogP contribution < -0.4 is 4.90 Å². The van der Waals surface area contributed by atoms with Gasteiger partial charge in [-0.2, -0.15) is 0 Å².